The minimum Gasteiger partial charge on any atom is -0.480 e. The summed E-state index contributed by atoms with van der Waals surface area (Å²) >= 11 is 0. The molecular formula is C30H48N2O6. The number of hydrogen-bond donors (Lipinski definition) is 3. The summed E-state index contributed by atoms with van der Waals surface area (Å²) in [5, 5.41) is 15.3. The van der Waals surface area contributed by atoms with Crippen molar-refractivity contribution in [2.24, 2.45) is 0 Å². The van der Waals surface area contributed by atoms with Crippen molar-refractivity contribution in [3.05, 3.63) is 35.9 Å². The topological polar surface area (TPSA) is 114 Å². The first-order valence-corrected chi connectivity index (χ1v) is 14.3. The van der Waals surface area contributed by atoms with Crippen molar-refractivity contribution in [3.8, 4) is 0 Å². The third-order valence-electron chi connectivity index (χ3n) is 6.78. The van der Waals surface area contributed by atoms with Crippen LogP contribution in [0.2, 0.25) is 0 Å². The molecule has 1 atom stereocenters. The van der Waals surface area contributed by atoms with E-state index < -0.39 is 29.7 Å². The summed E-state index contributed by atoms with van der Waals surface area (Å²) in [6, 6.07) is 9.68. The van der Waals surface area contributed by atoms with E-state index in [0.717, 1.165) is 17.6 Å². The van der Waals surface area contributed by atoms with Gasteiger partial charge in [0.05, 0.1) is 0 Å². The number of rotatable bonds is 10. The van der Waals surface area contributed by atoms with Crippen LogP contribution in [0.5, 0.6) is 0 Å². The molecule has 214 valence electrons. The van der Waals surface area contributed by atoms with Gasteiger partial charge in [-0.1, -0.05) is 68.9 Å². The summed E-state index contributed by atoms with van der Waals surface area (Å²) in [5.74, 6) is -1.58. The number of alkyl carbamates (subject to hydrolysis) is 1. The largest absolute Gasteiger partial charge is 0.480 e. The number of hydrogen-bond acceptors (Lipinski definition) is 6. The monoisotopic (exact) mass is 532 g/mol. The first kappa shape index (κ1) is 31.6. The van der Waals surface area contributed by atoms with Crippen molar-refractivity contribution in [2.45, 2.75) is 135 Å². The van der Waals surface area contributed by atoms with Gasteiger partial charge in [-0.2, -0.15) is 0 Å². The fourth-order valence-electron chi connectivity index (χ4n) is 4.88. The highest BCUT2D eigenvalue weighted by Crippen LogP contribution is 2.22. The van der Waals surface area contributed by atoms with Crippen LogP contribution in [0.25, 0.3) is 0 Å². The summed E-state index contributed by atoms with van der Waals surface area (Å²) in [5.41, 5.74) is 0.220. The predicted molar refractivity (Wildman–Crippen MR) is 148 cm³/mol. The summed E-state index contributed by atoms with van der Waals surface area (Å²) in [6.45, 7) is 5.33. The molecule has 0 aromatic heterocycles. The van der Waals surface area contributed by atoms with Crippen molar-refractivity contribution < 1.29 is 29.0 Å². The zero-order valence-corrected chi connectivity index (χ0v) is 23.5. The van der Waals surface area contributed by atoms with Gasteiger partial charge in [0.1, 0.15) is 18.2 Å². The van der Waals surface area contributed by atoms with Gasteiger partial charge in [0.25, 0.3) is 0 Å². The average molecular weight is 533 g/mol. The maximum absolute atomic E-state index is 11.7. The molecule has 0 saturated heterocycles. The van der Waals surface area contributed by atoms with Crippen LogP contribution >= 0.6 is 0 Å². The number of carboxylic acids is 1. The summed E-state index contributed by atoms with van der Waals surface area (Å²) in [4.78, 5) is 34.6. The van der Waals surface area contributed by atoms with Gasteiger partial charge in [-0.25, -0.2) is 9.59 Å². The predicted octanol–water partition coefficient (Wildman–Crippen LogP) is 6.12. The first-order chi connectivity index (χ1) is 18.1. The second-order valence-electron chi connectivity index (χ2n) is 11.4. The maximum atomic E-state index is 11.7. The van der Waals surface area contributed by atoms with E-state index >= 15 is 0 Å². The van der Waals surface area contributed by atoms with Crippen molar-refractivity contribution >= 4 is 18.0 Å². The molecule has 0 spiro atoms. The van der Waals surface area contributed by atoms with E-state index in [1.807, 2.05) is 18.2 Å². The summed E-state index contributed by atoms with van der Waals surface area (Å²) in [6.07, 6.45) is 14.2. The molecule has 1 aromatic carbocycles. The number of carbonyl (C=O) groups excluding carboxylic acids is 2. The van der Waals surface area contributed by atoms with Crippen LogP contribution in [0.3, 0.4) is 0 Å². The van der Waals surface area contributed by atoms with E-state index in [-0.39, 0.29) is 25.9 Å². The Morgan fingerprint density at radius 3 is 1.97 bits per heavy atom. The molecule has 1 amide bonds. The minimum absolute atomic E-state index is 0.0525. The molecule has 0 radical (unpaired) electrons. The van der Waals surface area contributed by atoms with Gasteiger partial charge in [-0.05, 0) is 64.9 Å². The lowest BCUT2D eigenvalue weighted by atomic mass is 9.91. The van der Waals surface area contributed by atoms with E-state index in [1.165, 1.54) is 64.2 Å². The Morgan fingerprint density at radius 2 is 1.47 bits per heavy atom. The van der Waals surface area contributed by atoms with E-state index in [9.17, 15) is 19.5 Å². The number of nitrogens with one attached hydrogen (secondary N) is 2. The Hall–Kier alpha value is -2.61. The molecule has 0 heterocycles. The minimum atomic E-state index is -1.18. The Morgan fingerprint density at radius 1 is 0.921 bits per heavy atom. The van der Waals surface area contributed by atoms with E-state index in [4.69, 9.17) is 9.47 Å². The molecule has 0 unspecified atom stereocenters. The fourth-order valence-corrected chi connectivity index (χ4v) is 4.88. The fraction of sp³-hybridized carbons (Fsp3) is 0.700. The van der Waals surface area contributed by atoms with Crippen LogP contribution in [0.1, 0.15) is 110 Å². The number of ether oxygens (including phenoxy) is 2. The molecule has 2 fully saturated rings. The molecule has 1 aromatic rings. The zero-order valence-electron chi connectivity index (χ0n) is 23.5. The Labute approximate surface area is 228 Å². The van der Waals surface area contributed by atoms with Gasteiger partial charge >= 0.3 is 18.0 Å². The Balaban J connectivity index is 0.000000323. The molecule has 3 rings (SSSR count). The molecule has 8 heteroatoms. The van der Waals surface area contributed by atoms with Crippen molar-refractivity contribution in [2.75, 3.05) is 0 Å². The van der Waals surface area contributed by atoms with E-state index in [0.29, 0.717) is 0 Å². The highest BCUT2D eigenvalue weighted by molar-refractivity contribution is 5.80. The summed E-state index contributed by atoms with van der Waals surface area (Å²) in [7, 11) is 0. The molecule has 2 saturated carbocycles. The smallest absolute Gasteiger partial charge is 0.408 e. The molecule has 0 bridgehead atoms. The number of aliphatic carboxylic acids is 1. The number of benzene rings is 1. The standard InChI is InChI=1S/C18H25NO6.C12H23N/c1-18(2,3)25-15(20)11-7-10-14(16(21)22)19-17(23)24-12-13-8-5-4-6-9-13;1-3-7-11(8-4-1)13-12-9-5-2-6-10-12/h4-6,8-9,14H,7,10-12H2,1-3H3,(H,19,23)(H,21,22);11-13H,1-10H2/t14-;/m0./s1. The maximum Gasteiger partial charge on any atom is 0.408 e. The second kappa shape index (κ2) is 17.1. The van der Waals surface area contributed by atoms with Crippen LogP contribution < -0.4 is 10.6 Å². The van der Waals surface area contributed by atoms with Crippen LogP contribution in [0, 0.1) is 0 Å². The van der Waals surface area contributed by atoms with Gasteiger partial charge in [0.15, 0.2) is 0 Å². The molecule has 2 aliphatic carbocycles. The lowest BCUT2D eigenvalue weighted by Crippen LogP contribution is -2.41. The highest BCUT2D eigenvalue weighted by atomic mass is 16.6. The molecule has 2 aliphatic rings. The van der Waals surface area contributed by atoms with E-state index in [1.54, 1.807) is 32.9 Å². The first-order valence-electron chi connectivity index (χ1n) is 14.3. The number of carbonyl (C=O) groups is 3. The Kier molecular flexibility index (Phi) is 14.2. The van der Waals surface area contributed by atoms with E-state index in [2.05, 4.69) is 10.6 Å². The third kappa shape index (κ3) is 14.4. The van der Waals surface area contributed by atoms with Crippen LogP contribution in [0.15, 0.2) is 30.3 Å². The average Bonchev–Trinajstić information content (AvgIpc) is 2.88. The van der Waals surface area contributed by atoms with Gasteiger partial charge in [-0.15, -0.1) is 0 Å². The van der Waals surface area contributed by atoms with Crippen molar-refractivity contribution in [1.82, 2.24) is 10.6 Å². The van der Waals surface area contributed by atoms with Gasteiger partial charge in [0, 0.05) is 18.5 Å². The lowest BCUT2D eigenvalue weighted by Gasteiger charge is -2.30. The van der Waals surface area contributed by atoms with Gasteiger partial charge in [0.2, 0.25) is 0 Å². The number of amides is 1. The Bertz CT molecular complexity index is 811. The second-order valence-corrected chi connectivity index (χ2v) is 11.4. The summed E-state index contributed by atoms with van der Waals surface area (Å²) < 4.78 is 10.1. The third-order valence-corrected chi connectivity index (χ3v) is 6.78. The van der Waals surface area contributed by atoms with Gasteiger partial charge in [-0.3, -0.25) is 4.79 Å². The van der Waals surface area contributed by atoms with Crippen LogP contribution in [0.4, 0.5) is 4.79 Å². The lowest BCUT2D eigenvalue weighted by molar-refractivity contribution is -0.155. The molecular weight excluding hydrogens is 484 g/mol. The van der Waals surface area contributed by atoms with Crippen LogP contribution in [-0.4, -0.2) is 46.9 Å². The molecule has 3 N–H and O–H groups in total. The number of carboxylic acid groups (broad SMARTS) is 1. The highest BCUT2D eigenvalue weighted by Gasteiger charge is 2.22. The van der Waals surface area contributed by atoms with Gasteiger partial charge < -0.3 is 25.2 Å². The van der Waals surface area contributed by atoms with Crippen molar-refractivity contribution in [1.29, 1.82) is 0 Å². The molecule has 38 heavy (non-hydrogen) atoms. The van der Waals surface area contributed by atoms with Crippen LogP contribution in [-0.2, 0) is 25.7 Å². The van der Waals surface area contributed by atoms with Crippen molar-refractivity contribution in [3.63, 3.8) is 0 Å². The molecule has 0 aliphatic heterocycles. The zero-order chi connectivity index (χ0) is 27.8. The quantitative estimate of drug-likeness (QED) is 0.311. The SMILES string of the molecule is C1CCC(NC2CCCCC2)CC1.CC(C)(C)OC(=O)CCC[C@H](NC(=O)OCc1ccccc1)C(=O)O. The number of esters is 1. The normalized spacial score (nSPS) is 17.4. The molecule has 8 nitrogen and oxygen atoms in total.